The molecule has 0 amide bonds. The van der Waals surface area contributed by atoms with E-state index in [1.807, 2.05) is 0 Å². The van der Waals surface area contributed by atoms with Gasteiger partial charge in [0.25, 0.3) is 5.56 Å². The SMILES string of the molecule is Cn1cnc2c(-c3ccc(C(F)(F)F)cc3)cnc(NCC3CCCS3(=O)=O)c2c1=O. The van der Waals surface area contributed by atoms with Crippen LogP contribution in [-0.2, 0) is 23.1 Å². The fourth-order valence-corrected chi connectivity index (χ4v) is 5.46. The average Bonchev–Trinajstić information content (AvgIpc) is 3.06. The Morgan fingerprint density at radius 3 is 2.52 bits per heavy atom. The minimum atomic E-state index is -4.46. The zero-order valence-corrected chi connectivity index (χ0v) is 17.3. The number of rotatable bonds is 4. The Hall–Kier alpha value is -2.95. The van der Waals surface area contributed by atoms with E-state index in [2.05, 4.69) is 15.3 Å². The average molecular weight is 452 g/mol. The van der Waals surface area contributed by atoms with E-state index >= 15 is 0 Å². The topological polar surface area (TPSA) is 93.9 Å². The van der Waals surface area contributed by atoms with Crippen LogP contribution in [0, 0.1) is 0 Å². The number of halogens is 3. The molecular weight excluding hydrogens is 433 g/mol. The van der Waals surface area contributed by atoms with Gasteiger partial charge in [0.05, 0.1) is 28.4 Å². The first-order valence-corrected chi connectivity index (χ1v) is 11.3. The van der Waals surface area contributed by atoms with Crippen molar-refractivity contribution in [3.05, 3.63) is 52.7 Å². The number of hydrogen-bond acceptors (Lipinski definition) is 6. The predicted octanol–water partition coefficient (Wildman–Crippen LogP) is 3.00. The molecule has 2 aromatic heterocycles. The molecule has 3 heterocycles. The molecule has 1 aromatic carbocycles. The van der Waals surface area contributed by atoms with E-state index in [9.17, 15) is 26.4 Å². The Morgan fingerprint density at radius 2 is 1.90 bits per heavy atom. The van der Waals surface area contributed by atoms with Crippen LogP contribution in [0.15, 0.2) is 41.6 Å². The molecule has 0 saturated carbocycles. The van der Waals surface area contributed by atoms with Gasteiger partial charge in [-0.15, -0.1) is 0 Å². The van der Waals surface area contributed by atoms with Gasteiger partial charge in [0.1, 0.15) is 11.2 Å². The van der Waals surface area contributed by atoms with Crippen LogP contribution in [0.3, 0.4) is 0 Å². The summed E-state index contributed by atoms with van der Waals surface area (Å²) in [4.78, 5) is 21.4. The second-order valence-electron chi connectivity index (χ2n) is 7.49. The van der Waals surface area contributed by atoms with Crippen LogP contribution in [-0.4, -0.2) is 40.5 Å². The highest BCUT2D eigenvalue weighted by atomic mass is 32.2. The van der Waals surface area contributed by atoms with Gasteiger partial charge in [-0.05, 0) is 30.5 Å². The van der Waals surface area contributed by atoms with Crippen molar-refractivity contribution in [1.82, 2.24) is 14.5 Å². The third-order valence-corrected chi connectivity index (χ3v) is 7.70. The van der Waals surface area contributed by atoms with Gasteiger partial charge in [-0.2, -0.15) is 13.2 Å². The molecule has 1 aliphatic heterocycles. The number of hydrogen-bond donors (Lipinski definition) is 1. The molecule has 31 heavy (non-hydrogen) atoms. The molecule has 1 N–H and O–H groups in total. The molecule has 4 rings (SSSR count). The number of pyridine rings is 1. The van der Waals surface area contributed by atoms with Crippen LogP contribution >= 0.6 is 0 Å². The number of fused-ring (bicyclic) bond motifs is 1. The van der Waals surface area contributed by atoms with Gasteiger partial charge in [-0.3, -0.25) is 4.79 Å². The van der Waals surface area contributed by atoms with E-state index in [0.29, 0.717) is 24.0 Å². The lowest BCUT2D eigenvalue weighted by atomic mass is 10.0. The summed E-state index contributed by atoms with van der Waals surface area (Å²) in [5.41, 5.74) is -0.0808. The van der Waals surface area contributed by atoms with Gasteiger partial charge in [-0.25, -0.2) is 18.4 Å². The van der Waals surface area contributed by atoms with Crippen molar-refractivity contribution >= 4 is 26.6 Å². The van der Waals surface area contributed by atoms with Crippen molar-refractivity contribution in [2.75, 3.05) is 17.6 Å². The van der Waals surface area contributed by atoms with Crippen molar-refractivity contribution in [2.45, 2.75) is 24.3 Å². The molecule has 164 valence electrons. The van der Waals surface area contributed by atoms with Crippen LogP contribution in [0.5, 0.6) is 0 Å². The Kier molecular flexibility index (Phi) is 5.24. The van der Waals surface area contributed by atoms with E-state index in [4.69, 9.17) is 0 Å². The molecule has 1 fully saturated rings. The molecule has 3 aromatic rings. The third-order valence-electron chi connectivity index (χ3n) is 5.43. The number of anilines is 1. The molecular formula is C20H19F3N4O3S. The zero-order chi connectivity index (χ0) is 22.4. The van der Waals surface area contributed by atoms with Gasteiger partial charge < -0.3 is 9.88 Å². The number of aryl methyl sites for hydroxylation is 1. The molecule has 0 aliphatic carbocycles. The standard InChI is InChI=1S/C20H19F3N4O3S/c1-27-11-26-17-15(12-4-6-13(7-5-12)20(21,22)23)10-25-18(16(17)19(27)28)24-9-14-3-2-8-31(14,29)30/h4-7,10-11,14H,2-3,8-9H2,1H3,(H,24,25). The molecule has 1 saturated heterocycles. The summed E-state index contributed by atoms with van der Waals surface area (Å²) in [5.74, 6) is 0.338. The Labute approximate surface area is 175 Å². The molecule has 0 radical (unpaired) electrons. The lowest BCUT2D eigenvalue weighted by Crippen LogP contribution is -2.26. The second kappa shape index (κ2) is 7.63. The summed E-state index contributed by atoms with van der Waals surface area (Å²) in [7, 11) is -1.66. The summed E-state index contributed by atoms with van der Waals surface area (Å²) in [6.45, 7) is 0.113. The molecule has 1 atom stereocenters. The predicted molar refractivity (Wildman–Crippen MR) is 111 cm³/mol. The van der Waals surface area contributed by atoms with E-state index in [1.165, 1.54) is 36.3 Å². The maximum absolute atomic E-state index is 12.9. The molecule has 11 heteroatoms. The lowest BCUT2D eigenvalue weighted by Gasteiger charge is -2.15. The minimum absolute atomic E-state index is 0.113. The van der Waals surface area contributed by atoms with Crippen molar-refractivity contribution in [3.8, 4) is 11.1 Å². The van der Waals surface area contributed by atoms with Crippen molar-refractivity contribution in [3.63, 3.8) is 0 Å². The third kappa shape index (κ3) is 4.01. The number of aromatic nitrogens is 3. The zero-order valence-electron chi connectivity index (χ0n) is 16.5. The monoisotopic (exact) mass is 452 g/mol. The van der Waals surface area contributed by atoms with E-state index in [0.717, 1.165) is 12.1 Å². The van der Waals surface area contributed by atoms with Gasteiger partial charge in [0.2, 0.25) is 0 Å². The molecule has 1 unspecified atom stereocenters. The summed E-state index contributed by atoms with van der Waals surface area (Å²) in [5, 5.41) is 2.56. The van der Waals surface area contributed by atoms with Crippen molar-refractivity contribution in [2.24, 2.45) is 7.05 Å². The molecule has 0 bridgehead atoms. The first-order valence-electron chi connectivity index (χ1n) is 9.55. The lowest BCUT2D eigenvalue weighted by molar-refractivity contribution is -0.137. The van der Waals surface area contributed by atoms with Crippen LogP contribution in [0.4, 0.5) is 19.0 Å². The van der Waals surface area contributed by atoms with Crippen LogP contribution in [0.2, 0.25) is 0 Å². The number of nitrogens with one attached hydrogen (secondary N) is 1. The number of nitrogens with zero attached hydrogens (tertiary/aromatic N) is 3. The van der Waals surface area contributed by atoms with Crippen molar-refractivity contribution < 1.29 is 21.6 Å². The second-order valence-corrected chi connectivity index (χ2v) is 9.89. The fourth-order valence-electron chi connectivity index (χ4n) is 3.69. The highest BCUT2D eigenvalue weighted by Crippen LogP contribution is 2.33. The van der Waals surface area contributed by atoms with Gasteiger partial charge >= 0.3 is 6.18 Å². The van der Waals surface area contributed by atoms with E-state index in [1.54, 1.807) is 0 Å². The molecule has 1 aliphatic rings. The fraction of sp³-hybridized carbons (Fsp3) is 0.350. The van der Waals surface area contributed by atoms with Crippen LogP contribution in [0.1, 0.15) is 18.4 Å². The highest BCUT2D eigenvalue weighted by molar-refractivity contribution is 7.92. The first kappa shape index (κ1) is 21.3. The largest absolute Gasteiger partial charge is 0.416 e. The Balaban J connectivity index is 1.77. The summed E-state index contributed by atoms with van der Waals surface area (Å²) >= 11 is 0. The van der Waals surface area contributed by atoms with Crippen LogP contribution in [0.25, 0.3) is 22.0 Å². The number of alkyl halides is 3. The number of benzene rings is 1. The smallest absolute Gasteiger partial charge is 0.368 e. The quantitative estimate of drug-likeness (QED) is 0.654. The summed E-state index contributed by atoms with van der Waals surface area (Å²) in [6.07, 6.45) is -0.583. The summed E-state index contributed by atoms with van der Waals surface area (Å²) < 4.78 is 64.1. The van der Waals surface area contributed by atoms with Crippen LogP contribution < -0.4 is 10.9 Å². The highest BCUT2D eigenvalue weighted by Gasteiger charge is 2.32. The maximum atomic E-state index is 12.9. The van der Waals surface area contributed by atoms with Gasteiger partial charge in [0, 0.05) is 25.4 Å². The number of sulfone groups is 1. The Bertz CT molecular complexity index is 1300. The Morgan fingerprint density at radius 1 is 1.19 bits per heavy atom. The maximum Gasteiger partial charge on any atom is 0.416 e. The van der Waals surface area contributed by atoms with Gasteiger partial charge in [0.15, 0.2) is 9.84 Å². The van der Waals surface area contributed by atoms with E-state index in [-0.39, 0.29) is 29.0 Å². The molecule has 0 spiro atoms. The minimum Gasteiger partial charge on any atom is -0.368 e. The van der Waals surface area contributed by atoms with Crippen molar-refractivity contribution in [1.29, 1.82) is 0 Å². The van der Waals surface area contributed by atoms with Gasteiger partial charge in [-0.1, -0.05) is 12.1 Å². The first-order chi connectivity index (χ1) is 14.6. The van der Waals surface area contributed by atoms with E-state index < -0.39 is 32.4 Å². The normalized spacial score (nSPS) is 18.4. The summed E-state index contributed by atoms with van der Waals surface area (Å²) in [6, 6.07) is 4.52. The molecule has 7 nitrogen and oxygen atoms in total.